The van der Waals surface area contributed by atoms with E-state index in [9.17, 15) is 4.79 Å². The molecule has 134 valence electrons. The molecule has 1 atom stereocenters. The van der Waals surface area contributed by atoms with Crippen LogP contribution in [0.15, 0.2) is 41.1 Å². The Morgan fingerprint density at radius 2 is 2.08 bits per heavy atom. The Kier molecular flexibility index (Phi) is 6.30. The highest BCUT2D eigenvalue weighted by Crippen LogP contribution is 2.26. The van der Waals surface area contributed by atoms with Crippen molar-refractivity contribution in [2.45, 2.75) is 18.9 Å². The van der Waals surface area contributed by atoms with Gasteiger partial charge in [0.1, 0.15) is 11.5 Å². The molecule has 1 fully saturated rings. The van der Waals surface area contributed by atoms with Crippen LogP contribution < -0.4 is 14.8 Å². The summed E-state index contributed by atoms with van der Waals surface area (Å²) in [6.07, 6.45) is 2.46. The molecule has 3 rings (SSSR count). The average Bonchev–Trinajstić information content (AvgIpc) is 3.35. The van der Waals surface area contributed by atoms with E-state index in [1.54, 1.807) is 24.5 Å². The molecule has 5 nitrogen and oxygen atoms in total. The fourth-order valence-corrected chi connectivity index (χ4v) is 3.78. The van der Waals surface area contributed by atoms with Gasteiger partial charge in [0.2, 0.25) is 0 Å². The molecule has 1 aliphatic heterocycles. The van der Waals surface area contributed by atoms with Crippen molar-refractivity contribution in [3.8, 4) is 11.5 Å². The summed E-state index contributed by atoms with van der Waals surface area (Å²) < 4.78 is 10.7. The Hall–Kier alpha value is -2.05. The van der Waals surface area contributed by atoms with Crippen molar-refractivity contribution in [2.75, 3.05) is 33.4 Å². The number of benzene rings is 1. The summed E-state index contributed by atoms with van der Waals surface area (Å²) in [5.74, 6) is 1.23. The number of hydrogen-bond donors (Lipinski definition) is 1. The van der Waals surface area contributed by atoms with E-state index in [2.05, 4.69) is 27.0 Å². The Morgan fingerprint density at radius 3 is 2.80 bits per heavy atom. The molecule has 2 heterocycles. The summed E-state index contributed by atoms with van der Waals surface area (Å²) in [4.78, 5) is 14.6. The van der Waals surface area contributed by atoms with Crippen LogP contribution in [0.4, 0.5) is 0 Å². The van der Waals surface area contributed by atoms with Gasteiger partial charge in [-0.3, -0.25) is 9.69 Å². The lowest BCUT2D eigenvalue weighted by molar-refractivity contribution is -0.123. The van der Waals surface area contributed by atoms with E-state index in [0.717, 1.165) is 13.1 Å². The lowest BCUT2D eigenvalue weighted by atomic mass is 10.1. The number of rotatable bonds is 8. The van der Waals surface area contributed by atoms with Gasteiger partial charge in [-0.2, -0.15) is 11.3 Å². The van der Waals surface area contributed by atoms with Crippen LogP contribution in [0.2, 0.25) is 0 Å². The summed E-state index contributed by atoms with van der Waals surface area (Å²) >= 11 is 1.70. The molecule has 0 saturated carbocycles. The zero-order valence-electron chi connectivity index (χ0n) is 14.4. The van der Waals surface area contributed by atoms with Crippen molar-refractivity contribution in [2.24, 2.45) is 0 Å². The molecule has 2 aromatic rings. The van der Waals surface area contributed by atoms with E-state index in [1.807, 2.05) is 18.2 Å². The number of likely N-dealkylation sites (tertiary alicyclic amines) is 1. The molecule has 0 unspecified atom stereocenters. The largest absolute Gasteiger partial charge is 0.497 e. The van der Waals surface area contributed by atoms with E-state index in [0.29, 0.717) is 18.0 Å². The molecule has 1 aliphatic rings. The third-order valence-corrected chi connectivity index (χ3v) is 5.11. The highest BCUT2D eigenvalue weighted by atomic mass is 32.1. The third-order valence-electron chi connectivity index (χ3n) is 4.41. The van der Waals surface area contributed by atoms with Crippen molar-refractivity contribution < 1.29 is 14.3 Å². The molecule has 6 heteroatoms. The monoisotopic (exact) mass is 360 g/mol. The highest BCUT2D eigenvalue weighted by molar-refractivity contribution is 7.07. The summed E-state index contributed by atoms with van der Waals surface area (Å²) in [5.41, 5.74) is 1.28. The Morgan fingerprint density at radius 1 is 1.28 bits per heavy atom. The first-order chi connectivity index (χ1) is 12.3. The topological polar surface area (TPSA) is 50.8 Å². The van der Waals surface area contributed by atoms with Crippen LogP contribution in [0.1, 0.15) is 24.4 Å². The number of thiophene rings is 1. The highest BCUT2D eigenvalue weighted by Gasteiger charge is 2.24. The first-order valence-corrected chi connectivity index (χ1v) is 9.50. The van der Waals surface area contributed by atoms with Crippen LogP contribution in [-0.2, 0) is 4.79 Å². The average molecular weight is 360 g/mol. The van der Waals surface area contributed by atoms with Gasteiger partial charge in [-0.25, -0.2) is 0 Å². The van der Waals surface area contributed by atoms with Crippen molar-refractivity contribution >= 4 is 17.2 Å². The van der Waals surface area contributed by atoms with Crippen LogP contribution in [0.25, 0.3) is 0 Å². The van der Waals surface area contributed by atoms with E-state index >= 15 is 0 Å². The van der Waals surface area contributed by atoms with Crippen LogP contribution in [0.5, 0.6) is 11.5 Å². The second kappa shape index (κ2) is 8.87. The fraction of sp³-hybridized carbons (Fsp3) is 0.421. The Labute approximate surface area is 152 Å². The van der Waals surface area contributed by atoms with Gasteiger partial charge in [0.15, 0.2) is 6.61 Å². The van der Waals surface area contributed by atoms with E-state index in [1.165, 1.54) is 18.4 Å². The normalized spacial score (nSPS) is 15.7. The molecule has 0 radical (unpaired) electrons. The minimum atomic E-state index is -0.109. The molecule has 25 heavy (non-hydrogen) atoms. The van der Waals surface area contributed by atoms with Crippen LogP contribution in [0, 0.1) is 0 Å². The molecule has 1 saturated heterocycles. The number of carbonyl (C=O) groups excluding carboxylic acids is 1. The minimum Gasteiger partial charge on any atom is -0.497 e. The number of nitrogens with one attached hydrogen (secondary N) is 1. The van der Waals surface area contributed by atoms with Crippen LogP contribution in [0.3, 0.4) is 0 Å². The fourth-order valence-electron chi connectivity index (χ4n) is 3.08. The summed E-state index contributed by atoms with van der Waals surface area (Å²) in [5, 5.41) is 7.27. The molecule has 1 aromatic heterocycles. The number of methoxy groups -OCH3 is 1. The third kappa shape index (κ3) is 4.96. The summed E-state index contributed by atoms with van der Waals surface area (Å²) in [6, 6.07) is 9.65. The van der Waals surface area contributed by atoms with Gasteiger partial charge in [-0.1, -0.05) is 6.07 Å². The lowest BCUT2D eigenvalue weighted by Crippen LogP contribution is -2.38. The van der Waals surface area contributed by atoms with Gasteiger partial charge < -0.3 is 14.8 Å². The van der Waals surface area contributed by atoms with Crippen molar-refractivity contribution in [1.82, 2.24) is 10.2 Å². The van der Waals surface area contributed by atoms with Gasteiger partial charge in [-0.15, -0.1) is 0 Å². The Balaban J connectivity index is 1.51. The van der Waals surface area contributed by atoms with Gasteiger partial charge in [-0.05, 0) is 60.5 Å². The maximum absolute atomic E-state index is 12.2. The zero-order chi connectivity index (χ0) is 17.5. The molecule has 0 aliphatic carbocycles. The number of nitrogens with zero attached hydrogens (tertiary/aromatic N) is 1. The van der Waals surface area contributed by atoms with E-state index in [-0.39, 0.29) is 18.6 Å². The van der Waals surface area contributed by atoms with Gasteiger partial charge in [0.05, 0.1) is 13.2 Å². The van der Waals surface area contributed by atoms with Gasteiger partial charge in [0, 0.05) is 12.6 Å². The molecule has 1 N–H and O–H groups in total. The summed E-state index contributed by atoms with van der Waals surface area (Å²) in [7, 11) is 1.61. The summed E-state index contributed by atoms with van der Waals surface area (Å²) in [6.45, 7) is 2.80. The number of carbonyl (C=O) groups is 1. The van der Waals surface area contributed by atoms with E-state index < -0.39 is 0 Å². The number of hydrogen-bond acceptors (Lipinski definition) is 5. The maximum atomic E-state index is 12.2. The molecule has 0 bridgehead atoms. The SMILES string of the molecule is COc1cccc(OCC(=O)NC[C@H](c2ccsc2)N2CCCC2)c1. The number of ether oxygens (including phenoxy) is 2. The quantitative estimate of drug-likeness (QED) is 0.786. The molecule has 0 spiro atoms. The minimum absolute atomic E-state index is 0.00350. The number of amides is 1. The van der Waals surface area contributed by atoms with Gasteiger partial charge in [0.25, 0.3) is 5.91 Å². The van der Waals surface area contributed by atoms with Crippen LogP contribution in [-0.4, -0.2) is 44.2 Å². The van der Waals surface area contributed by atoms with E-state index in [4.69, 9.17) is 9.47 Å². The van der Waals surface area contributed by atoms with Crippen molar-refractivity contribution in [3.63, 3.8) is 0 Å². The second-order valence-corrected chi connectivity index (χ2v) is 6.87. The molecular formula is C19H24N2O3S. The second-order valence-electron chi connectivity index (χ2n) is 6.09. The molecular weight excluding hydrogens is 336 g/mol. The first kappa shape index (κ1) is 17.8. The Bertz CT molecular complexity index is 669. The maximum Gasteiger partial charge on any atom is 0.258 e. The van der Waals surface area contributed by atoms with Crippen LogP contribution >= 0.6 is 11.3 Å². The smallest absolute Gasteiger partial charge is 0.258 e. The standard InChI is InChI=1S/C19H24N2O3S/c1-23-16-5-4-6-17(11-16)24-13-19(22)20-12-18(15-7-10-25-14-15)21-8-2-3-9-21/h4-7,10-11,14,18H,2-3,8-9,12-13H2,1H3,(H,20,22)/t18-/m1/s1. The lowest BCUT2D eigenvalue weighted by Gasteiger charge is -2.27. The van der Waals surface area contributed by atoms with Crippen molar-refractivity contribution in [1.29, 1.82) is 0 Å². The first-order valence-electron chi connectivity index (χ1n) is 8.56. The molecule has 1 amide bonds. The predicted molar refractivity (Wildman–Crippen MR) is 99.4 cm³/mol. The van der Waals surface area contributed by atoms with Crippen molar-refractivity contribution in [3.05, 3.63) is 46.7 Å². The predicted octanol–water partition coefficient (Wildman–Crippen LogP) is 3.09. The zero-order valence-corrected chi connectivity index (χ0v) is 15.3. The van der Waals surface area contributed by atoms with Gasteiger partial charge >= 0.3 is 0 Å². The molecule has 1 aromatic carbocycles.